The summed E-state index contributed by atoms with van der Waals surface area (Å²) in [5.74, 6) is 0.616. The van der Waals surface area contributed by atoms with E-state index >= 15 is 0 Å². The standard InChI is InChI=1S/C11H17.2ClH.Zr/c1-5-10-7-11(6-2)9(4)8(10)3;;;/h10H,5-6H2,1-4H3;2*1H;/q-1;;;+3/p-2. The van der Waals surface area contributed by atoms with E-state index in [1.165, 1.54) is 23.1 Å². The maximum Gasteiger partial charge on any atom is 3.00 e. The Balaban J connectivity index is -0.000000403. The molecule has 0 amide bonds. The minimum absolute atomic E-state index is 0. The minimum Gasteiger partial charge on any atom is -1.00 e. The van der Waals surface area contributed by atoms with Crippen molar-refractivity contribution in [1.82, 2.24) is 0 Å². The molecule has 1 rings (SSSR count). The van der Waals surface area contributed by atoms with Crippen LogP contribution in [0.5, 0.6) is 0 Å². The van der Waals surface area contributed by atoms with Gasteiger partial charge in [-0.15, -0.1) is 6.92 Å². The first-order valence-electron chi connectivity index (χ1n) is 4.50. The van der Waals surface area contributed by atoms with Crippen LogP contribution in [0.15, 0.2) is 16.7 Å². The smallest absolute Gasteiger partial charge is 1.00 e. The summed E-state index contributed by atoms with van der Waals surface area (Å²) in [5, 5.41) is 0. The number of halogens is 2. The zero-order valence-corrected chi connectivity index (χ0v) is 13.2. The molecule has 0 fully saturated rings. The first-order valence-corrected chi connectivity index (χ1v) is 4.50. The van der Waals surface area contributed by atoms with E-state index in [0.29, 0.717) is 5.92 Å². The average Bonchev–Trinajstić information content (AvgIpc) is 2.30. The average molecular weight is 311 g/mol. The second-order valence-electron chi connectivity index (χ2n) is 3.25. The number of rotatable bonds is 2. The maximum atomic E-state index is 3.53. The molecular weight excluding hydrogens is 294 g/mol. The van der Waals surface area contributed by atoms with Crippen molar-refractivity contribution < 1.29 is 51.0 Å². The summed E-state index contributed by atoms with van der Waals surface area (Å²) in [4.78, 5) is 0. The molecule has 0 aromatic rings. The van der Waals surface area contributed by atoms with Crippen LogP contribution in [-0.4, -0.2) is 0 Å². The molecule has 0 heterocycles. The first-order chi connectivity index (χ1) is 5.20. The molecule has 0 aliphatic heterocycles. The van der Waals surface area contributed by atoms with Gasteiger partial charge in [-0.25, -0.2) is 5.57 Å². The molecule has 0 aromatic heterocycles. The van der Waals surface area contributed by atoms with Crippen molar-refractivity contribution in [2.24, 2.45) is 5.92 Å². The summed E-state index contributed by atoms with van der Waals surface area (Å²) in [7, 11) is 0. The van der Waals surface area contributed by atoms with Crippen LogP contribution in [0.2, 0.25) is 0 Å². The maximum absolute atomic E-state index is 3.53. The molecule has 1 aliphatic carbocycles. The normalized spacial score (nSPS) is 19.1. The second-order valence-corrected chi connectivity index (χ2v) is 3.25. The Bertz CT molecular complexity index is 219. The van der Waals surface area contributed by atoms with Gasteiger partial charge in [0.25, 0.3) is 0 Å². The van der Waals surface area contributed by atoms with Gasteiger partial charge >= 0.3 is 26.2 Å². The van der Waals surface area contributed by atoms with Crippen LogP contribution in [0.3, 0.4) is 0 Å². The molecule has 79 valence electrons. The largest absolute Gasteiger partial charge is 3.00 e. The van der Waals surface area contributed by atoms with Crippen molar-refractivity contribution in [3.8, 4) is 0 Å². The van der Waals surface area contributed by atoms with E-state index in [1.54, 1.807) is 0 Å². The Kier molecular flexibility index (Phi) is 13.4. The van der Waals surface area contributed by atoms with Gasteiger partial charge in [-0.1, -0.05) is 39.5 Å². The van der Waals surface area contributed by atoms with Crippen molar-refractivity contribution in [1.29, 1.82) is 0 Å². The summed E-state index contributed by atoms with van der Waals surface area (Å²) >= 11 is 0. The van der Waals surface area contributed by atoms with Crippen molar-refractivity contribution in [2.75, 3.05) is 0 Å². The molecule has 0 saturated carbocycles. The molecule has 0 bridgehead atoms. The van der Waals surface area contributed by atoms with Crippen LogP contribution in [-0.2, 0) is 26.2 Å². The Labute approximate surface area is 120 Å². The quantitative estimate of drug-likeness (QED) is 0.495. The summed E-state index contributed by atoms with van der Waals surface area (Å²) in [6, 6.07) is 0. The zero-order valence-electron chi connectivity index (χ0n) is 9.25. The van der Waals surface area contributed by atoms with Gasteiger partial charge in [0.1, 0.15) is 0 Å². The summed E-state index contributed by atoms with van der Waals surface area (Å²) in [6.45, 7) is 8.89. The fourth-order valence-corrected chi connectivity index (χ4v) is 1.70. The molecular formula is C11H17Cl2Zr. The van der Waals surface area contributed by atoms with Crippen LogP contribution >= 0.6 is 0 Å². The molecule has 1 unspecified atom stereocenters. The van der Waals surface area contributed by atoms with E-state index < -0.39 is 0 Å². The molecule has 1 atom stereocenters. The SMILES string of the molecule is CCC1=[C-]C(CC)C(C)=C1C.[Cl-].[Cl-].[Zr+3]. The van der Waals surface area contributed by atoms with E-state index in [1.807, 2.05) is 0 Å². The van der Waals surface area contributed by atoms with E-state index in [2.05, 4.69) is 33.8 Å². The third-order valence-corrected chi connectivity index (χ3v) is 2.68. The van der Waals surface area contributed by atoms with Gasteiger partial charge < -0.3 is 24.8 Å². The van der Waals surface area contributed by atoms with Crippen LogP contribution in [0.25, 0.3) is 0 Å². The topological polar surface area (TPSA) is 0 Å². The molecule has 1 aliphatic rings. The van der Waals surface area contributed by atoms with Crippen molar-refractivity contribution in [2.45, 2.75) is 40.5 Å². The molecule has 3 heteroatoms. The monoisotopic (exact) mass is 309 g/mol. The molecule has 14 heavy (non-hydrogen) atoms. The molecule has 0 spiro atoms. The predicted molar refractivity (Wildman–Crippen MR) is 49.2 cm³/mol. The third-order valence-electron chi connectivity index (χ3n) is 2.68. The van der Waals surface area contributed by atoms with Gasteiger partial charge in [0.05, 0.1) is 0 Å². The number of allylic oxidation sites excluding steroid dienone is 4. The fraction of sp³-hybridized carbons (Fsp3) is 0.636. The van der Waals surface area contributed by atoms with Crippen LogP contribution < -0.4 is 24.8 Å². The predicted octanol–water partition coefficient (Wildman–Crippen LogP) is -2.49. The second kappa shape index (κ2) is 9.19. The Morgan fingerprint density at radius 2 is 1.64 bits per heavy atom. The van der Waals surface area contributed by atoms with Gasteiger partial charge in [0.2, 0.25) is 0 Å². The Hall–Kier alpha value is 0.943. The van der Waals surface area contributed by atoms with E-state index in [9.17, 15) is 0 Å². The summed E-state index contributed by atoms with van der Waals surface area (Å²) in [6.07, 6.45) is 5.87. The first kappa shape index (κ1) is 20.4. The van der Waals surface area contributed by atoms with Gasteiger partial charge in [-0.05, 0) is 0 Å². The van der Waals surface area contributed by atoms with Gasteiger partial charge in [0.15, 0.2) is 0 Å². The van der Waals surface area contributed by atoms with E-state index in [4.69, 9.17) is 0 Å². The Morgan fingerprint density at radius 1 is 1.14 bits per heavy atom. The minimum atomic E-state index is 0. The summed E-state index contributed by atoms with van der Waals surface area (Å²) in [5.41, 5.74) is 4.46. The van der Waals surface area contributed by atoms with Gasteiger partial charge in [-0.3, -0.25) is 6.08 Å². The fourth-order valence-electron chi connectivity index (χ4n) is 1.70. The van der Waals surface area contributed by atoms with Crippen LogP contribution in [0, 0.1) is 12.0 Å². The molecule has 0 nitrogen and oxygen atoms in total. The van der Waals surface area contributed by atoms with Crippen LogP contribution in [0.1, 0.15) is 40.5 Å². The molecule has 0 N–H and O–H groups in total. The zero-order chi connectivity index (χ0) is 8.43. The van der Waals surface area contributed by atoms with E-state index in [0.717, 1.165) is 6.42 Å². The van der Waals surface area contributed by atoms with Crippen molar-refractivity contribution in [3.63, 3.8) is 0 Å². The van der Waals surface area contributed by atoms with Gasteiger partial charge in [-0.2, -0.15) is 11.1 Å². The number of hydrogen-bond donors (Lipinski definition) is 0. The Morgan fingerprint density at radius 3 is 1.86 bits per heavy atom. The number of hydrogen-bond acceptors (Lipinski definition) is 0. The van der Waals surface area contributed by atoms with E-state index in [-0.39, 0.29) is 51.0 Å². The molecule has 0 saturated heterocycles. The van der Waals surface area contributed by atoms with Crippen molar-refractivity contribution >= 4 is 0 Å². The molecule has 0 aromatic carbocycles. The van der Waals surface area contributed by atoms with Crippen molar-refractivity contribution in [3.05, 3.63) is 22.8 Å². The summed E-state index contributed by atoms with van der Waals surface area (Å²) < 4.78 is 0. The third kappa shape index (κ3) is 4.21. The molecule has 1 radical (unpaired) electrons. The van der Waals surface area contributed by atoms with Gasteiger partial charge in [0, 0.05) is 0 Å². The van der Waals surface area contributed by atoms with Crippen LogP contribution in [0.4, 0.5) is 0 Å².